The second-order valence-electron chi connectivity index (χ2n) is 6.26. The van der Waals surface area contributed by atoms with E-state index in [9.17, 15) is 4.79 Å². The standard InChI is InChI=1S/C21H27NO3/c1-16(2)25-15-19-9-5-4-8-18(19)14-22-21(23)12-11-17-7-6-10-20(13-17)24-3/h4-10,13,16H,11-12,14-15H2,1-3H3,(H,22,23). The van der Waals surface area contributed by atoms with Crippen molar-refractivity contribution in [1.82, 2.24) is 5.32 Å². The van der Waals surface area contributed by atoms with Crippen LogP contribution in [0.5, 0.6) is 5.75 Å². The van der Waals surface area contributed by atoms with Crippen molar-refractivity contribution in [3.63, 3.8) is 0 Å². The maximum absolute atomic E-state index is 12.1. The fourth-order valence-corrected chi connectivity index (χ4v) is 2.50. The molecule has 4 heteroatoms. The van der Waals surface area contributed by atoms with Crippen molar-refractivity contribution in [1.29, 1.82) is 0 Å². The maximum Gasteiger partial charge on any atom is 0.220 e. The van der Waals surface area contributed by atoms with Crippen LogP contribution in [0, 0.1) is 0 Å². The monoisotopic (exact) mass is 341 g/mol. The molecular weight excluding hydrogens is 314 g/mol. The van der Waals surface area contributed by atoms with E-state index in [1.165, 1.54) is 0 Å². The second-order valence-corrected chi connectivity index (χ2v) is 6.26. The van der Waals surface area contributed by atoms with Crippen LogP contribution in [0.25, 0.3) is 0 Å². The van der Waals surface area contributed by atoms with Crippen LogP contribution in [-0.4, -0.2) is 19.1 Å². The third-order valence-electron chi connectivity index (χ3n) is 3.94. The molecule has 0 unspecified atom stereocenters. The molecule has 0 fully saturated rings. The van der Waals surface area contributed by atoms with Crippen molar-refractivity contribution < 1.29 is 14.3 Å². The summed E-state index contributed by atoms with van der Waals surface area (Å²) in [6.07, 6.45) is 1.34. The van der Waals surface area contributed by atoms with E-state index in [-0.39, 0.29) is 12.0 Å². The van der Waals surface area contributed by atoms with Crippen LogP contribution in [0.2, 0.25) is 0 Å². The normalized spacial score (nSPS) is 10.7. The highest BCUT2D eigenvalue weighted by molar-refractivity contribution is 5.76. The Morgan fingerprint density at radius 1 is 1.08 bits per heavy atom. The van der Waals surface area contributed by atoms with Crippen LogP contribution in [0.1, 0.15) is 37.0 Å². The highest BCUT2D eigenvalue weighted by Crippen LogP contribution is 2.14. The summed E-state index contributed by atoms with van der Waals surface area (Å²) in [6, 6.07) is 15.9. The number of hydrogen-bond acceptors (Lipinski definition) is 3. The Labute approximate surface area is 150 Å². The Balaban J connectivity index is 1.83. The summed E-state index contributed by atoms with van der Waals surface area (Å²) in [5.41, 5.74) is 3.31. The van der Waals surface area contributed by atoms with E-state index < -0.39 is 0 Å². The van der Waals surface area contributed by atoms with Gasteiger partial charge >= 0.3 is 0 Å². The molecule has 0 aliphatic heterocycles. The molecule has 0 radical (unpaired) electrons. The number of aryl methyl sites for hydroxylation is 1. The Hall–Kier alpha value is -2.33. The van der Waals surface area contributed by atoms with Gasteiger partial charge in [-0.1, -0.05) is 36.4 Å². The van der Waals surface area contributed by atoms with Crippen LogP contribution >= 0.6 is 0 Å². The molecule has 0 heterocycles. The molecule has 0 atom stereocenters. The zero-order valence-corrected chi connectivity index (χ0v) is 15.2. The van der Waals surface area contributed by atoms with E-state index in [1.54, 1.807) is 7.11 Å². The van der Waals surface area contributed by atoms with Crippen LogP contribution in [0.4, 0.5) is 0 Å². The minimum Gasteiger partial charge on any atom is -0.497 e. The van der Waals surface area contributed by atoms with Gasteiger partial charge in [0.2, 0.25) is 5.91 Å². The molecule has 1 N–H and O–H groups in total. The molecule has 25 heavy (non-hydrogen) atoms. The quantitative estimate of drug-likeness (QED) is 0.753. The fourth-order valence-electron chi connectivity index (χ4n) is 2.50. The van der Waals surface area contributed by atoms with Crippen LogP contribution in [0.3, 0.4) is 0 Å². The molecular formula is C21H27NO3. The van der Waals surface area contributed by atoms with Gasteiger partial charge in [0.25, 0.3) is 0 Å². The molecule has 134 valence electrons. The lowest BCUT2D eigenvalue weighted by Crippen LogP contribution is -2.23. The molecule has 0 saturated carbocycles. The van der Waals surface area contributed by atoms with E-state index in [2.05, 4.69) is 5.32 Å². The lowest BCUT2D eigenvalue weighted by Gasteiger charge is -2.13. The first-order valence-corrected chi connectivity index (χ1v) is 8.66. The average molecular weight is 341 g/mol. The lowest BCUT2D eigenvalue weighted by molar-refractivity contribution is -0.121. The third-order valence-corrected chi connectivity index (χ3v) is 3.94. The average Bonchev–Trinajstić information content (AvgIpc) is 2.63. The Kier molecular flexibility index (Phi) is 7.48. The number of carbonyl (C=O) groups excluding carboxylic acids is 1. The molecule has 0 aliphatic rings. The summed E-state index contributed by atoms with van der Waals surface area (Å²) in [6.45, 7) is 5.12. The number of amides is 1. The van der Waals surface area contributed by atoms with Crippen molar-refractivity contribution >= 4 is 5.91 Å². The van der Waals surface area contributed by atoms with Gasteiger partial charge in [0.05, 0.1) is 19.8 Å². The summed E-state index contributed by atoms with van der Waals surface area (Å²) >= 11 is 0. The first kappa shape index (κ1) is 19.0. The van der Waals surface area contributed by atoms with E-state index in [4.69, 9.17) is 9.47 Å². The molecule has 2 rings (SSSR count). The molecule has 0 saturated heterocycles. The zero-order chi connectivity index (χ0) is 18.1. The molecule has 4 nitrogen and oxygen atoms in total. The van der Waals surface area contributed by atoms with E-state index >= 15 is 0 Å². The Morgan fingerprint density at radius 3 is 2.56 bits per heavy atom. The van der Waals surface area contributed by atoms with Gasteiger partial charge in [0.1, 0.15) is 5.75 Å². The predicted molar refractivity (Wildman–Crippen MR) is 99.5 cm³/mol. The van der Waals surface area contributed by atoms with Crippen molar-refractivity contribution in [2.45, 2.75) is 45.9 Å². The minimum atomic E-state index is 0.0439. The first-order chi connectivity index (χ1) is 12.1. The van der Waals surface area contributed by atoms with E-state index in [1.807, 2.05) is 62.4 Å². The lowest BCUT2D eigenvalue weighted by atomic mass is 10.1. The molecule has 0 aromatic heterocycles. The summed E-state index contributed by atoms with van der Waals surface area (Å²) in [7, 11) is 1.65. The van der Waals surface area contributed by atoms with Gasteiger partial charge in [-0.2, -0.15) is 0 Å². The third kappa shape index (κ3) is 6.59. The van der Waals surface area contributed by atoms with E-state index in [0.29, 0.717) is 26.0 Å². The highest BCUT2D eigenvalue weighted by Gasteiger charge is 2.07. The number of carbonyl (C=O) groups is 1. The number of benzene rings is 2. The summed E-state index contributed by atoms with van der Waals surface area (Å²) in [5.74, 6) is 0.861. The number of methoxy groups -OCH3 is 1. The number of nitrogens with one attached hydrogen (secondary N) is 1. The predicted octanol–water partition coefficient (Wildman–Crippen LogP) is 3.87. The minimum absolute atomic E-state index is 0.0439. The highest BCUT2D eigenvalue weighted by atomic mass is 16.5. The number of rotatable bonds is 9. The Bertz CT molecular complexity index is 682. The Morgan fingerprint density at radius 2 is 1.84 bits per heavy atom. The first-order valence-electron chi connectivity index (χ1n) is 8.66. The van der Waals surface area contributed by atoms with Gasteiger partial charge < -0.3 is 14.8 Å². The largest absolute Gasteiger partial charge is 0.497 e. The molecule has 0 spiro atoms. The van der Waals surface area contributed by atoms with Gasteiger partial charge in [-0.05, 0) is 49.1 Å². The molecule has 0 aliphatic carbocycles. The van der Waals surface area contributed by atoms with Crippen LogP contribution < -0.4 is 10.1 Å². The second kappa shape index (κ2) is 9.84. The van der Waals surface area contributed by atoms with Crippen molar-refractivity contribution in [3.05, 3.63) is 65.2 Å². The smallest absolute Gasteiger partial charge is 0.220 e. The van der Waals surface area contributed by atoms with Gasteiger partial charge in [-0.25, -0.2) is 0 Å². The summed E-state index contributed by atoms with van der Waals surface area (Å²) in [5, 5.41) is 3.00. The van der Waals surface area contributed by atoms with Gasteiger partial charge in [0, 0.05) is 13.0 Å². The molecule has 0 bridgehead atoms. The zero-order valence-electron chi connectivity index (χ0n) is 15.2. The molecule has 2 aromatic rings. The van der Waals surface area contributed by atoms with Gasteiger partial charge in [0.15, 0.2) is 0 Å². The fraction of sp³-hybridized carbons (Fsp3) is 0.381. The SMILES string of the molecule is COc1cccc(CCC(=O)NCc2ccccc2COC(C)C)c1. The van der Waals surface area contributed by atoms with Crippen molar-refractivity contribution in [3.8, 4) is 5.75 Å². The van der Waals surface area contributed by atoms with Crippen LogP contribution in [-0.2, 0) is 29.1 Å². The molecule has 2 aromatic carbocycles. The van der Waals surface area contributed by atoms with Gasteiger partial charge in [-0.15, -0.1) is 0 Å². The maximum atomic E-state index is 12.1. The summed E-state index contributed by atoms with van der Waals surface area (Å²) < 4.78 is 10.9. The van der Waals surface area contributed by atoms with Crippen LogP contribution in [0.15, 0.2) is 48.5 Å². The van der Waals surface area contributed by atoms with Crippen molar-refractivity contribution in [2.24, 2.45) is 0 Å². The molecule has 1 amide bonds. The van der Waals surface area contributed by atoms with E-state index in [0.717, 1.165) is 22.4 Å². The number of hydrogen-bond donors (Lipinski definition) is 1. The summed E-state index contributed by atoms with van der Waals surface area (Å²) in [4.78, 5) is 12.1. The topological polar surface area (TPSA) is 47.6 Å². The van der Waals surface area contributed by atoms with Crippen molar-refractivity contribution in [2.75, 3.05) is 7.11 Å². The number of ether oxygens (including phenoxy) is 2. The van der Waals surface area contributed by atoms with Gasteiger partial charge in [-0.3, -0.25) is 4.79 Å².